The summed E-state index contributed by atoms with van der Waals surface area (Å²) in [6, 6.07) is 6.70. The van der Waals surface area contributed by atoms with E-state index in [0.717, 1.165) is 5.69 Å². The normalized spacial score (nSPS) is 11.1. The molecule has 80 valence electrons. The van der Waals surface area contributed by atoms with Crippen LogP contribution in [0.2, 0.25) is 0 Å². The number of anilines is 1. The topological polar surface area (TPSA) is 93.5 Å². The molecule has 15 heavy (non-hydrogen) atoms. The Hall–Kier alpha value is -2.04. The van der Waals surface area contributed by atoms with Gasteiger partial charge in [-0.25, -0.2) is 0 Å². The van der Waals surface area contributed by atoms with Crippen LogP contribution in [0.15, 0.2) is 29.3 Å². The lowest BCUT2D eigenvalue weighted by Gasteiger charge is -2.05. The Bertz CT molecular complexity index is 370. The van der Waals surface area contributed by atoms with Gasteiger partial charge >= 0.3 is 0 Å². The Kier molecular flexibility index (Phi) is 3.68. The van der Waals surface area contributed by atoms with E-state index in [0.29, 0.717) is 18.1 Å². The summed E-state index contributed by atoms with van der Waals surface area (Å²) in [4.78, 5) is 14.8. The first-order chi connectivity index (χ1) is 7.13. The Morgan fingerprint density at radius 2 is 1.93 bits per heavy atom. The molecule has 0 aliphatic rings. The van der Waals surface area contributed by atoms with Crippen molar-refractivity contribution in [2.45, 2.75) is 6.92 Å². The highest BCUT2D eigenvalue weighted by Gasteiger charge is 1.99. The number of benzene rings is 1. The van der Waals surface area contributed by atoms with Crippen molar-refractivity contribution in [3.05, 3.63) is 29.8 Å². The number of rotatable bonds is 3. The second-order valence-corrected chi connectivity index (χ2v) is 2.93. The molecule has 5 heteroatoms. The number of hydrogen-bond donors (Lipinski definition) is 3. The predicted molar refractivity (Wildman–Crippen MR) is 60.7 cm³/mol. The first-order valence-corrected chi connectivity index (χ1v) is 4.60. The van der Waals surface area contributed by atoms with Crippen LogP contribution in [0.3, 0.4) is 0 Å². The van der Waals surface area contributed by atoms with Crippen LogP contribution in [0.4, 0.5) is 5.69 Å². The number of carbonyl (C=O) groups excluding carboxylic acids is 1. The van der Waals surface area contributed by atoms with E-state index in [4.69, 9.17) is 11.5 Å². The fourth-order valence-electron chi connectivity index (χ4n) is 1.08. The van der Waals surface area contributed by atoms with E-state index < -0.39 is 5.91 Å². The summed E-state index contributed by atoms with van der Waals surface area (Å²) in [6.45, 7) is 2.52. The average molecular weight is 206 g/mol. The Labute approximate surface area is 88.2 Å². The Morgan fingerprint density at radius 1 is 1.33 bits per heavy atom. The highest BCUT2D eigenvalue weighted by atomic mass is 16.1. The minimum absolute atomic E-state index is 0.351. The van der Waals surface area contributed by atoms with Crippen molar-refractivity contribution in [3.8, 4) is 0 Å². The van der Waals surface area contributed by atoms with E-state index >= 15 is 0 Å². The Balaban J connectivity index is 2.73. The number of nitrogens with one attached hydrogen (secondary N) is 1. The molecule has 0 saturated heterocycles. The number of aliphatic imine (C=N–C) groups is 1. The second-order valence-electron chi connectivity index (χ2n) is 2.93. The van der Waals surface area contributed by atoms with Crippen molar-refractivity contribution in [2.75, 3.05) is 11.9 Å². The van der Waals surface area contributed by atoms with Crippen LogP contribution in [-0.2, 0) is 0 Å². The summed E-state index contributed by atoms with van der Waals surface area (Å²) < 4.78 is 0. The zero-order valence-corrected chi connectivity index (χ0v) is 8.53. The number of guanidine groups is 1. The molecule has 0 heterocycles. The molecule has 0 saturated carbocycles. The third-order valence-electron chi connectivity index (χ3n) is 1.77. The lowest BCUT2D eigenvalue weighted by atomic mass is 10.2. The highest BCUT2D eigenvalue weighted by molar-refractivity contribution is 5.95. The molecule has 0 atom stereocenters. The zero-order chi connectivity index (χ0) is 11.3. The third-order valence-corrected chi connectivity index (χ3v) is 1.77. The van der Waals surface area contributed by atoms with E-state index in [2.05, 4.69) is 10.3 Å². The number of carbonyl (C=O) groups is 1. The molecule has 0 fully saturated rings. The summed E-state index contributed by atoms with van der Waals surface area (Å²) >= 11 is 0. The molecule has 1 aromatic rings. The molecule has 0 aliphatic carbocycles. The standard InChI is InChI=1S/C10H14N4O/c1-2-13-10(12)14-8-5-3-7(4-6-8)9(11)15/h3-6H,2H2,1H3,(H2,11,15)(H3,12,13,14). The van der Waals surface area contributed by atoms with Crippen molar-refractivity contribution in [1.29, 1.82) is 0 Å². The van der Waals surface area contributed by atoms with Gasteiger partial charge in [0.15, 0.2) is 5.96 Å². The Morgan fingerprint density at radius 3 is 2.40 bits per heavy atom. The minimum atomic E-state index is -0.447. The fourth-order valence-corrected chi connectivity index (χ4v) is 1.08. The van der Waals surface area contributed by atoms with Crippen molar-refractivity contribution in [3.63, 3.8) is 0 Å². The second kappa shape index (κ2) is 4.99. The van der Waals surface area contributed by atoms with Gasteiger partial charge in [-0.05, 0) is 31.2 Å². The van der Waals surface area contributed by atoms with Gasteiger partial charge < -0.3 is 16.8 Å². The van der Waals surface area contributed by atoms with Crippen LogP contribution in [0.1, 0.15) is 17.3 Å². The lowest BCUT2D eigenvalue weighted by molar-refractivity contribution is 0.100. The molecule has 1 aromatic carbocycles. The van der Waals surface area contributed by atoms with Crippen molar-refractivity contribution >= 4 is 17.6 Å². The molecule has 0 unspecified atom stereocenters. The summed E-state index contributed by atoms with van der Waals surface area (Å²) in [7, 11) is 0. The first kappa shape index (κ1) is 11.0. The van der Waals surface area contributed by atoms with Crippen LogP contribution in [0.5, 0.6) is 0 Å². The van der Waals surface area contributed by atoms with Gasteiger partial charge in [0.1, 0.15) is 0 Å². The van der Waals surface area contributed by atoms with Gasteiger partial charge in [-0.3, -0.25) is 9.79 Å². The summed E-state index contributed by atoms with van der Waals surface area (Å²) in [6.07, 6.45) is 0. The molecule has 0 bridgehead atoms. The largest absolute Gasteiger partial charge is 0.370 e. The fraction of sp³-hybridized carbons (Fsp3) is 0.200. The summed E-state index contributed by atoms with van der Waals surface area (Å²) in [5.41, 5.74) is 11.9. The number of primary amides is 1. The smallest absolute Gasteiger partial charge is 0.248 e. The van der Waals surface area contributed by atoms with Gasteiger partial charge in [0.05, 0.1) is 0 Å². The first-order valence-electron chi connectivity index (χ1n) is 4.60. The van der Waals surface area contributed by atoms with Crippen molar-refractivity contribution in [2.24, 2.45) is 16.5 Å². The van der Waals surface area contributed by atoms with E-state index in [1.807, 2.05) is 6.92 Å². The van der Waals surface area contributed by atoms with Crippen LogP contribution >= 0.6 is 0 Å². The van der Waals surface area contributed by atoms with Crippen molar-refractivity contribution < 1.29 is 4.79 Å². The molecule has 1 rings (SSSR count). The molecular weight excluding hydrogens is 192 g/mol. The monoisotopic (exact) mass is 206 g/mol. The quantitative estimate of drug-likeness (QED) is 0.497. The molecule has 0 spiro atoms. The van der Waals surface area contributed by atoms with E-state index in [-0.39, 0.29) is 0 Å². The third kappa shape index (κ3) is 3.30. The van der Waals surface area contributed by atoms with E-state index in [1.54, 1.807) is 24.3 Å². The van der Waals surface area contributed by atoms with Crippen LogP contribution < -0.4 is 16.8 Å². The maximum atomic E-state index is 10.8. The SMILES string of the molecule is CCN=C(N)Nc1ccc(C(N)=O)cc1. The minimum Gasteiger partial charge on any atom is -0.370 e. The molecule has 0 radical (unpaired) electrons. The predicted octanol–water partition coefficient (Wildman–Crippen LogP) is 0.532. The maximum Gasteiger partial charge on any atom is 0.248 e. The van der Waals surface area contributed by atoms with Crippen LogP contribution in [0.25, 0.3) is 0 Å². The maximum absolute atomic E-state index is 10.8. The zero-order valence-electron chi connectivity index (χ0n) is 8.53. The van der Waals surface area contributed by atoms with Crippen molar-refractivity contribution in [1.82, 2.24) is 0 Å². The van der Waals surface area contributed by atoms with Gasteiger partial charge in [-0.2, -0.15) is 0 Å². The molecule has 5 nitrogen and oxygen atoms in total. The lowest BCUT2D eigenvalue weighted by Crippen LogP contribution is -2.22. The van der Waals surface area contributed by atoms with Gasteiger partial charge in [0.25, 0.3) is 0 Å². The summed E-state index contributed by atoms with van der Waals surface area (Å²) in [5.74, 6) is -0.0962. The van der Waals surface area contributed by atoms with Gasteiger partial charge in [0.2, 0.25) is 5.91 Å². The highest BCUT2D eigenvalue weighted by Crippen LogP contribution is 2.08. The van der Waals surface area contributed by atoms with Gasteiger partial charge in [0, 0.05) is 17.8 Å². The average Bonchev–Trinajstić information content (AvgIpc) is 2.18. The molecule has 5 N–H and O–H groups in total. The number of amides is 1. The van der Waals surface area contributed by atoms with Crippen LogP contribution in [-0.4, -0.2) is 18.4 Å². The van der Waals surface area contributed by atoms with E-state index in [9.17, 15) is 4.79 Å². The number of nitrogens with two attached hydrogens (primary N) is 2. The molecule has 0 aromatic heterocycles. The van der Waals surface area contributed by atoms with Gasteiger partial charge in [-0.15, -0.1) is 0 Å². The number of nitrogens with zero attached hydrogens (tertiary/aromatic N) is 1. The molecular formula is C10H14N4O. The molecule has 0 aliphatic heterocycles. The number of hydrogen-bond acceptors (Lipinski definition) is 2. The van der Waals surface area contributed by atoms with E-state index in [1.165, 1.54) is 0 Å². The van der Waals surface area contributed by atoms with Gasteiger partial charge in [-0.1, -0.05) is 0 Å². The van der Waals surface area contributed by atoms with Crippen LogP contribution in [0, 0.1) is 0 Å². The molecule has 1 amide bonds. The summed E-state index contributed by atoms with van der Waals surface area (Å²) in [5, 5.41) is 2.88.